The van der Waals surface area contributed by atoms with Gasteiger partial charge < -0.3 is 4.74 Å². The summed E-state index contributed by atoms with van der Waals surface area (Å²) in [5.41, 5.74) is 7.57. The second kappa shape index (κ2) is 8.57. The minimum Gasteiger partial charge on any atom is -0.497 e. The zero-order valence-corrected chi connectivity index (χ0v) is 16.8. The summed E-state index contributed by atoms with van der Waals surface area (Å²) in [6.45, 7) is 1.99. The number of fused-ring (bicyclic) bond motifs is 1. The van der Waals surface area contributed by atoms with Crippen molar-refractivity contribution in [2.24, 2.45) is 5.10 Å². The number of benzene rings is 3. The standard InChI is InChI=1S/C25H21N3O2/c1-17-8-13-23-21(14-17)22(15-24(27-23)19-6-4-3-5-7-19)25(29)28-26-16-18-9-11-20(30-2)12-10-18/h3-16H,1-2H3,(H,28,29). The zero-order valence-electron chi connectivity index (χ0n) is 16.8. The molecule has 148 valence electrons. The number of nitrogens with one attached hydrogen (secondary N) is 1. The Morgan fingerprint density at radius 3 is 2.50 bits per heavy atom. The van der Waals surface area contributed by atoms with Crippen LogP contribution in [0.1, 0.15) is 21.5 Å². The van der Waals surface area contributed by atoms with E-state index in [4.69, 9.17) is 9.72 Å². The van der Waals surface area contributed by atoms with Gasteiger partial charge in [0.15, 0.2) is 0 Å². The predicted molar refractivity (Wildman–Crippen MR) is 120 cm³/mol. The number of methoxy groups -OCH3 is 1. The van der Waals surface area contributed by atoms with Crippen LogP contribution in [0.25, 0.3) is 22.2 Å². The van der Waals surface area contributed by atoms with Crippen LogP contribution in [0.5, 0.6) is 5.75 Å². The second-order valence-corrected chi connectivity index (χ2v) is 6.91. The molecule has 1 aromatic heterocycles. The average Bonchev–Trinajstić information content (AvgIpc) is 2.79. The van der Waals surface area contributed by atoms with E-state index in [0.29, 0.717) is 5.56 Å². The van der Waals surface area contributed by atoms with Gasteiger partial charge in [-0.05, 0) is 55.0 Å². The first-order valence-electron chi connectivity index (χ1n) is 9.58. The molecule has 5 nitrogen and oxygen atoms in total. The Hall–Kier alpha value is -3.99. The minimum atomic E-state index is -0.282. The van der Waals surface area contributed by atoms with Crippen LogP contribution < -0.4 is 10.2 Å². The molecule has 4 rings (SSSR count). The van der Waals surface area contributed by atoms with Crippen LogP contribution in [0.15, 0.2) is 84.0 Å². The summed E-state index contributed by atoms with van der Waals surface area (Å²) in [5, 5.41) is 4.92. The molecular weight excluding hydrogens is 374 g/mol. The van der Waals surface area contributed by atoms with Crippen molar-refractivity contribution < 1.29 is 9.53 Å². The maximum Gasteiger partial charge on any atom is 0.272 e. The summed E-state index contributed by atoms with van der Waals surface area (Å²) < 4.78 is 5.15. The van der Waals surface area contributed by atoms with Gasteiger partial charge in [-0.25, -0.2) is 10.4 Å². The molecule has 30 heavy (non-hydrogen) atoms. The lowest BCUT2D eigenvalue weighted by Crippen LogP contribution is -2.18. The number of carbonyl (C=O) groups excluding carboxylic acids is 1. The molecular formula is C25H21N3O2. The van der Waals surface area contributed by atoms with Gasteiger partial charge in [-0.3, -0.25) is 4.79 Å². The largest absolute Gasteiger partial charge is 0.497 e. The van der Waals surface area contributed by atoms with Gasteiger partial charge in [-0.15, -0.1) is 0 Å². The Balaban J connectivity index is 1.66. The molecule has 1 heterocycles. The van der Waals surface area contributed by atoms with E-state index in [9.17, 15) is 4.79 Å². The molecule has 1 amide bonds. The van der Waals surface area contributed by atoms with E-state index in [1.165, 1.54) is 0 Å². The lowest BCUT2D eigenvalue weighted by molar-refractivity contribution is 0.0956. The van der Waals surface area contributed by atoms with Crippen molar-refractivity contribution in [1.29, 1.82) is 0 Å². The number of aryl methyl sites for hydroxylation is 1. The smallest absolute Gasteiger partial charge is 0.272 e. The molecule has 0 saturated heterocycles. The lowest BCUT2D eigenvalue weighted by atomic mass is 10.0. The third kappa shape index (κ3) is 4.20. The zero-order chi connectivity index (χ0) is 20.9. The first-order valence-corrected chi connectivity index (χ1v) is 9.58. The summed E-state index contributed by atoms with van der Waals surface area (Å²) in [6, 6.07) is 25.0. The quantitative estimate of drug-likeness (QED) is 0.383. The molecule has 0 fully saturated rings. The molecule has 0 saturated carbocycles. The number of ether oxygens (including phenoxy) is 1. The summed E-state index contributed by atoms with van der Waals surface area (Å²) in [6.07, 6.45) is 1.60. The molecule has 0 atom stereocenters. The van der Waals surface area contributed by atoms with E-state index in [-0.39, 0.29) is 5.91 Å². The molecule has 4 aromatic rings. The number of hydrogen-bond donors (Lipinski definition) is 1. The highest BCUT2D eigenvalue weighted by Gasteiger charge is 2.14. The Bertz CT molecular complexity index is 1220. The molecule has 3 aromatic carbocycles. The maximum atomic E-state index is 13.0. The van der Waals surface area contributed by atoms with E-state index < -0.39 is 0 Å². The number of rotatable bonds is 5. The fraction of sp³-hybridized carbons (Fsp3) is 0.0800. The van der Waals surface area contributed by atoms with Gasteiger partial charge in [-0.2, -0.15) is 5.10 Å². The Labute approximate surface area is 175 Å². The van der Waals surface area contributed by atoms with E-state index in [1.54, 1.807) is 13.3 Å². The van der Waals surface area contributed by atoms with E-state index in [1.807, 2.05) is 85.8 Å². The fourth-order valence-corrected chi connectivity index (χ4v) is 3.20. The predicted octanol–water partition coefficient (Wildman–Crippen LogP) is 4.98. The lowest BCUT2D eigenvalue weighted by Gasteiger charge is -2.10. The van der Waals surface area contributed by atoms with Crippen LogP contribution in [0.3, 0.4) is 0 Å². The Kier molecular flexibility index (Phi) is 5.52. The minimum absolute atomic E-state index is 0.282. The van der Waals surface area contributed by atoms with Crippen molar-refractivity contribution in [3.63, 3.8) is 0 Å². The van der Waals surface area contributed by atoms with Gasteiger partial charge >= 0.3 is 0 Å². The number of nitrogens with zero attached hydrogens (tertiary/aromatic N) is 2. The number of hydrogen-bond acceptors (Lipinski definition) is 4. The van der Waals surface area contributed by atoms with Crippen LogP contribution >= 0.6 is 0 Å². The highest BCUT2D eigenvalue weighted by molar-refractivity contribution is 6.07. The molecule has 1 N–H and O–H groups in total. The molecule has 0 spiro atoms. The van der Waals surface area contributed by atoms with Crippen molar-refractivity contribution in [2.75, 3.05) is 7.11 Å². The first-order chi connectivity index (χ1) is 14.6. The average molecular weight is 395 g/mol. The van der Waals surface area contributed by atoms with Crippen molar-refractivity contribution in [2.45, 2.75) is 6.92 Å². The topological polar surface area (TPSA) is 63.6 Å². The highest BCUT2D eigenvalue weighted by Crippen LogP contribution is 2.25. The SMILES string of the molecule is COc1ccc(C=NNC(=O)c2cc(-c3ccccc3)nc3ccc(C)cc23)cc1. The maximum absolute atomic E-state index is 13.0. The number of pyridine rings is 1. The van der Waals surface area contributed by atoms with Crippen molar-refractivity contribution in [1.82, 2.24) is 10.4 Å². The van der Waals surface area contributed by atoms with Crippen molar-refractivity contribution in [3.8, 4) is 17.0 Å². The second-order valence-electron chi connectivity index (χ2n) is 6.91. The van der Waals surface area contributed by atoms with Crippen LogP contribution in [0.4, 0.5) is 0 Å². The summed E-state index contributed by atoms with van der Waals surface area (Å²) >= 11 is 0. The van der Waals surface area contributed by atoms with E-state index >= 15 is 0 Å². The highest BCUT2D eigenvalue weighted by atomic mass is 16.5. The molecule has 5 heteroatoms. The van der Waals surface area contributed by atoms with Crippen molar-refractivity contribution >= 4 is 23.0 Å². The number of aromatic nitrogens is 1. The van der Waals surface area contributed by atoms with Crippen LogP contribution in [-0.4, -0.2) is 24.2 Å². The number of carbonyl (C=O) groups is 1. The summed E-state index contributed by atoms with van der Waals surface area (Å²) in [5.74, 6) is 0.484. The molecule has 0 aliphatic heterocycles. The van der Waals surface area contributed by atoms with Crippen molar-refractivity contribution in [3.05, 3.63) is 95.6 Å². The third-order valence-electron chi connectivity index (χ3n) is 4.77. The van der Waals surface area contributed by atoms with Crippen LogP contribution in [0.2, 0.25) is 0 Å². The fourth-order valence-electron chi connectivity index (χ4n) is 3.20. The van der Waals surface area contributed by atoms with E-state index in [2.05, 4.69) is 10.5 Å². The molecule has 0 bridgehead atoms. The summed E-state index contributed by atoms with van der Waals surface area (Å²) in [7, 11) is 1.62. The Morgan fingerprint density at radius 2 is 1.77 bits per heavy atom. The van der Waals surface area contributed by atoms with Gasteiger partial charge in [0.2, 0.25) is 0 Å². The first kappa shape index (κ1) is 19.3. The number of hydrazone groups is 1. The molecule has 0 unspecified atom stereocenters. The molecule has 0 aliphatic carbocycles. The summed E-state index contributed by atoms with van der Waals surface area (Å²) in [4.78, 5) is 17.7. The van der Waals surface area contributed by atoms with Gasteiger partial charge in [0.1, 0.15) is 5.75 Å². The van der Waals surface area contributed by atoms with Gasteiger partial charge in [0.25, 0.3) is 5.91 Å². The molecule has 0 radical (unpaired) electrons. The van der Waals surface area contributed by atoms with Gasteiger partial charge in [-0.1, -0.05) is 42.0 Å². The molecule has 0 aliphatic rings. The number of amides is 1. The van der Waals surface area contributed by atoms with Gasteiger partial charge in [0, 0.05) is 10.9 Å². The third-order valence-corrected chi connectivity index (χ3v) is 4.77. The van der Waals surface area contributed by atoms with Gasteiger partial charge in [0.05, 0.1) is 30.1 Å². The Morgan fingerprint density at radius 1 is 1.00 bits per heavy atom. The van der Waals surface area contributed by atoms with Crippen LogP contribution in [-0.2, 0) is 0 Å². The monoisotopic (exact) mass is 395 g/mol. The normalized spacial score (nSPS) is 11.0. The van der Waals surface area contributed by atoms with E-state index in [0.717, 1.165) is 39.0 Å². The van der Waals surface area contributed by atoms with Crippen LogP contribution in [0, 0.1) is 6.92 Å².